The summed E-state index contributed by atoms with van der Waals surface area (Å²) in [6.45, 7) is 7.35. The summed E-state index contributed by atoms with van der Waals surface area (Å²) in [7, 11) is 0. The van der Waals surface area contributed by atoms with E-state index in [1.165, 1.54) is 32.1 Å². The lowest BCUT2D eigenvalue weighted by atomic mass is 9.76. The van der Waals surface area contributed by atoms with Crippen molar-refractivity contribution in [3.63, 3.8) is 0 Å². The molecule has 1 aromatic heterocycles. The zero-order valence-corrected chi connectivity index (χ0v) is 11.8. The van der Waals surface area contributed by atoms with Crippen LogP contribution in [0.3, 0.4) is 0 Å². The molecule has 1 N–H and O–H groups in total. The van der Waals surface area contributed by atoms with E-state index in [9.17, 15) is 0 Å². The van der Waals surface area contributed by atoms with Crippen molar-refractivity contribution in [1.82, 2.24) is 20.4 Å². The topological polar surface area (TPSA) is 54.2 Å². The third kappa shape index (κ3) is 2.98. The maximum atomic E-state index is 5.55. The highest BCUT2D eigenvalue weighted by molar-refractivity contribution is 5.04. The van der Waals surface area contributed by atoms with Gasteiger partial charge in [-0.15, -0.1) is 0 Å². The molecule has 0 unspecified atom stereocenters. The van der Waals surface area contributed by atoms with Crippen molar-refractivity contribution >= 4 is 0 Å². The fourth-order valence-electron chi connectivity index (χ4n) is 3.18. The molecule has 1 aliphatic heterocycles. The van der Waals surface area contributed by atoms with Gasteiger partial charge in [0.05, 0.1) is 6.54 Å². The summed E-state index contributed by atoms with van der Waals surface area (Å²) in [6, 6.07) is 0. The second-order valence-corrected chi connectivity index (χ2v) is 6.16. The molecular formula is C14H24N4O. The Morgan fingerprint density at radius 2 is 1.95 bits per heavy atom. The third-order valence-corrected chi connectivity index (χ3v) is 4.52. The Hall–Kier alpha value is -0.940. The van der Waals surface area contributed by atoms with Gasteiger partial charge in [-0.1, -0.05) is 31.3 Å². The zero-order chi connectivity index (χ0) is 13.1. The van der Waals surface area contributed by atoms with Gasteiger partial charge in [0.15, 0.2) is 5.82 Å². The Balaban J connectivity index is 1.65. The first-order valence-electron chi connectivity index (χ1n) is 7.52. The second kappa shape index (κ2) is 5.59. The molecule has 1 saturated carbocycles. The van der Waals surface area contributed by atoms with E-state index in [1.807, 2.05) is 0 Å². The van der Waals surface area contributed by atoms with E-state index in [0.717, 1.165) is 44.4 Å². The lowest BCUT2D eigenvalue weighted by Crippen LogP contribution is -2.43. The minimum atomic E-state index is 0.118. The third-order valence-electron chi connectivity index (χ3n) is 4.52. The molecule has 5 heteroatoms. The molecule has 1 aromatic rings. The Morgan fingerprint density at radius 3 is 2.68 bits per heavy atom. The van der Waals surface area contributed by atoms with Crippen LogP contribution in [-0.4, -0.2) is 41.2 Å². The molecule has 2 fully saturated rings. The van der Waals surface area contributed by atoms with Crippen LogP contribution in [-0.2, 0) is 12.0 Å². The number of nitrogens with zero attached hydrogens (tertiary/aromatic N) is 3. The first kappa shape index (κ1) is 13.1. The van der Waals surface area contributed by atoms with Crippen molar-refractivity contribution in [2.45, 2.75) is 51.0 Å². The molecular weight excluding hydrogens is 240 g/mol. The quantitative estimate of drug-likeness (QED) is 0.900. The molecule has 3 rings (SSSR count). The van der Waals surface area contributed by atoms with Gasteiger partial charge in [-0.25, -0.2) is 0 Å². The van der Waals surface area contributed by atoms with Crippen LogP contribution in [0.1, 0.15) is 50.7 Å². The van der Waals surface area contributed by atoms with E-state index in [2.05, 4.69) is 27.3 Å². The SMILES string of the molecule is CC1(c2nc(CN3CCNCC3)no2)CCCCC1. The van der Waals surface area contributed by atoms with Crippen LogP contribution < -0.4 is 5.32 Å². The number of hydrogen-bond donors (Lipinski definition) is 1. The Bertz CT molecular complexity index is 405. The van der Waals surface area contributed by atoms with Crippen molar-refractivity contribution < 1.29 is 4.52 Å². The molecule has 0 aromatic carbocycles. The molecule has 0 radical (unpaired) electrons. The van der Waals surface area contributed by atoms with Gasteiger partial charge >= 0.3 is 0 Å². The number of nitrogens with one attached hydrogen (secondary N) is 1. The summed E-state index contributed by atoms with van der Waals surface area (Å²) in [4.78, 5) is 7.04. The molecule has 0 amide bonds. The van der Waals surface area contributed by atoms with Crippen LogP contribution in [0.15, 0.2) is 4.52 Å². The summed E-state index contributed by atoms with van der Waals surface area (Å²) < 4.78 is 5.55. The van der Waals surface area contributed by atoms with Gasteiger partial charge in [0, 0.05) is 31.6 Å². The molecule has 1 aliphatic carbocycles. The highest BCUT2D eigenvalue weighted by Crippen LogP contribution is 2.37. The largest absolute Gasteiger partial charge is 0.339 e. The Morgan fingerprint density at radius 1 is 1.21 bits per heavy atom. The van der Waals surface area contributed by atoms with Gasteiger partial charge in [0.25, 0.3) is 0 Å². The average molecular weight is 264 g/mol. The predicted octanol–water partition coefficient (Wildman–Crippen LogP) is 1.70. The van der Waals surface area contributed by atoms with Crippen molar-refractivity contribution in [2.75, 3.05) is 26.2 Å². The molecule has 0 bridgehead atoms. The molecule has 1 saturated heterocycles. The van der Waals surface area contributed by atoms with E-state index in [-0.39, 0.29) is 5.41 Å². The fourth-order valence-corrected chi connectivity index (χ4v) is 3.18. The van der Waals surface area contributed by atoms with Crippen LogP contribution in [0.2, 0.25) is 0 Å². The van der Waals surface area contributed by atoms with E-state index in [1.54, 1.807) is 0 Å². The van der Waals surface area contributed by atoms with E-state index < -0.39 is 0 Å². The van der Waals surface area contributed by atoms with E-state index in [0.29, 0.717) is 0 Å². The van der Waals surface area contributed by atoms with Crippen LogP contribution in [0.4, 0.5) is 0 Å². The molecule has 2 heterocycles. The summed E-state index contributed by atoms with van der Waals surface area (Å²) >= 11 is 0. The summed E-state index contributed by atoms with van der Waals surface area (Å²) in [5.41, 5.74) is 0.118. The van der Waals surface area contributed by atoms with Crippen LogP contribution in [0, 0.1) is 0 Å². The molecule has 19 heavy (non-hydrogen) atoms. The highest BCUT2D eigenvalue weighted by atomic mass is 16.5. The van der Waals surface area contributed by atoms with Gasteiger partial charge in [-0.3, -0.25) is 4.90 Å². The maximum absolute atomic E-state index is 5.55. The summed E-state index contributed by atoms with van der Waals surface area (Å²) in [6.07, 6.45) is 6.28. The minimum absolute atomic E-state index is 0.118. The van der Waals surface area contributed by atoms with Crippen LogP contribution >= 0.6 is 0 Å². The van der Waals surface area contributed by atoms with E-state index in [4.69, 9.17) is 4.52 Å². The predicted molar refractivity (Wildman–Crippen MR) is 72.9 cm³/mol. The van der Waals surface area contributed by atoms with Gasteiger partial charge < -0.3 is 9.84 Å². The maximum Gasteiger partial charge on any atom is 0.232 e. The zero-order valence-electron chi connectivity index (χ0n) is 11.8. The highest BCUT2D eigenvalue weighted by Gasteiger charge is 2.34. The second-order valence-electron chi connectivity index (χ2n) is 6.16. The fraction of sp³-hybridized carbons (Fsp3) is 0.857. The van der Waals surface area contributed by atoms with Gasteiger partial charge in [-0.2, -0.15) is 4.98 Å². The molecule has 0 spiro atoms. The summed E-state index contributed by atoms with van der Waals surface area (Å²) in [5.74, 6) is 1.71. The van der Waals surface area contributed by atoms with Gasteiger partial charge in [0.1, 0.15) is 0 Å². The average Bonchev–Trinajstić information content (AvgIpc) is 2.90. The number of rotatable bonds is 3. The van der Waals surface area contributed by atoms with E-state index >= 15 is 0 Å². The standard InChI is InChI=1S/C14H24N4O/c1-14(5-3-2-4-6-14)13-16-12(17-19-13)11-18-9-7-15-8-10-18/h15H,2-11H2,1H3. The number of hydrogen-bond acceptors (Lipinski definition) is 5. The van der Waals surface area contributed by atoms with Crippen molar-refractivity contribution in [3.8, 4) is 0 Å². The smallest absolute Gasteiger partial charge is 0.232 e. The van der Waals surface area contributed by atoms with Gasteiger partial charge in [-0.05, 0) is 12.8 Å². The van der Waals surface area contributed by atoms with Crippen LogP contribution in [0.5, 0.6) is 0 Å². The lowest BCUT2D eigenvalue weighted by Gasteiger charge is -2.29. The molecule has 5 nitrogen and oxygen atoms in total. The first-order valence-corrected chi connectivity index (χ1v) is 7.52. The molecule has 0 atom stereocenters. The van der Waals surface area contributed by atoms with Crippen molar-refractivity contribution in [3.05, 3.63) is 11.7 Å². The summed E-state index contributed by atoms with van der Waals surface area (Å²) in [5, 5.41) is 7.54. The lowest BCUT2D eigenvalue weighted by molar-refractivity contribution is 0.219. The van der Waals surface area contributed by atoms with Gasteiger partial charge in [0.2, 0.25) is 5.89 Å². The normalized spacial score (nSPS) is 24.5. The van der Waals surface area contributed by atoms with Crippen molar-refractivity contribution in [1.29, 1.82) is 0 Å². The monoisotopic (exact) mass is 264 g/mol. The van der Waals surface area contributed by atoms with Crippen LogP contribution in [0.25, 0.3) is 0 Å². The number of piperazine rings is 1. The Kier molecular flexibility index (Phi) is 3.84. The van der Waals surface area contributed by atoms with Crippen molar-refractivity contribution in [2.24, 2.45) is 0 Å². The molecule has 2 aliphatic rings. The number of aromatic nitrogens is 2. The molecule has 106 valence electrons. The Labute approximate surface area is 114 Å². The minimum Gasteiger partial charge on any atom is -0.339 e. The first-order chi connectivity index (χ1) is 9.26.